The maximum Gasteiger partial charge on any atom is 0.186 e. The number of aliphatic imine (C=N–C) groups is 1. The maximum atomic E-state index is 10.6. The molecular weight excluding hydrogens is 370 g/mol. The van der Waals surface area contributed by atoms with Gasteiger partial charge in [0.05, 0.1) is 24.4 Å². The molecule has 0 bridgehead atoms. The Balaban J connectivity index is 2.00. The van der Waals surface area contributed by atoms with Crippen LogP contribution in [0.5, 0.6) is 0 Å². The number of nitrogens with zero attached hydrogens (tertiary/aromatic N) is 1. The van der Waals surface area contributed by atoms with Gasteiger partial charge in [-0.3, -0.25) is 0 Å². The minimum atomic E-state index is -0.895. The Labute approximate surface area is 164 Å². The molecule has 1 saturated carbocycles. The predicted molar refractivity (Wildman–Crippen MR) is 103 cm³/mol. The molecule has 1 saturated heterocycles. The Morgan fingerprint density at radius 2 is 1.89 bits per heavy atom. The molecule has 0 spiro atoms. The highest BCUT2D eigenvalue weighted by Crippen LogP contribution is 2.28. The normalized spacial score (nSPS) is 40.1. The molecule has 0 aromatic heterocycles. The van der Waals surface area contributed by atoms with Gasteiger partial charge in [0, 0.05) is 38.1 Å². The average Bonchev–Trinajstić information content (AvgIpc) is 2.63. The number of rotatable bonds is 8. The minimum Gasteiger partial charge on any atom is -0.390 e. The molecule has 28 heavy (non-hydrogen) atoms. The van der Waals surface area contributed by atoms with Gasteiger partial charge in [-0.2, -0.15) is 0 Å². The van der Waals surface area contributed by atoms with Crippen LogP contribution in [-0.2, 0) is 9.47 Å². The smallest absolute Gasteiger partial charge is 0.186 e. The van der Waals surface area contributed by atoms with Gasteiger partial charge in [0.25, 0.3) is 0 Å². The molecule has 12 nitrogen and oxygen atoms in total. The zero-order valence-electron chi connectivity index (χ0n) is 15.9. The van der Waals surface area contributed by atoms with Crippen LogP contribution in [0.4, 0.5) is 0 Å². The van der Waals surface area contributed by atoms with E-state index in [0.717, 1.165) is 0 Å². The van der Waals surface area contributed by atoms with Crippen LogP contribution in [0.2, 0.25) is 0 Å². The molecule has 0 amide bonds. The Morgan fingerprint density at radius 3 is 2.46 bits per heavy atom. The number of hydrogen-bond donors (Lipinski definition) is 9. The first kappa shape index (κ1) is 23.2. The average molecular weight is 406 g/mol. The van der Waals surface area contributed by atoms with Crippen LogP contribution in [0.25, 0.3) is 0 Å². The van der Waals surface area contributed by atoms with E-state index < -0.39 is 48.9 Å². The van der Waals surface area contributed by atoms with Gasteiger partial charge in [-0.05, 0) is 12.8 Å². The lowest BCUT2D eigenvalue weighted by molar-refractivity contribution is -0.261. The van der Waals surface area contributed by atoms with Crippen molar-refractivity contribution in [1.82, 2.24) is 5.32 Å². The Bertz CT molecular complexity index is 498. The first-order valence-corrected chi connectivity index (χ1v) is 9.58. The van der Waals surface area contributed by atoms with Crippen LogP contribution < -0.4 is 34.0 Å². The monoisotopic (exact) mass is 405 g/mol. The maximum absolute atomic E-state index is 10.6. The zero-order chi connectivity index (χ0) is 20.8. The second kappa shape index (κ2) is 10.6. The molecule has 9 atom stereocenters. The van der Waals surface area contributed by atoms with E-state index in [1.807, 2.05) is 0 Å². The molecule has 2 rings (SSSR count). The molecule has 2 unspecified atom stereocenters. The molecule has 0 radical (unpaired) electrons. The molecule has 12 heteroatoms. The second-order valence-electron chi connectivity index (χ2n) is 7.50. The second-order valence-corrected chi connectivity index (χ2v) is 7.50. The first-order valence-electron chi connectivity index (χ1n) is 9.58. The number of ether oxygens (including phenoxy) is 2. The lowest BCUT2D eigenvalue weighted by Gasteiger charge is -2.43. The number of aliphatic hydroxyl groups is 3. The molecule has 2 aliphatic rings. The van der Waals surface area contributed by atoms with E-state index in [1.165, 1.54) is 0 Å². The third kappa shape index (κ3) is 6.20. The van der Waals surface area contributed by atoms with Crippen LogP contribution in [0.3, 0.4) is 0 Å². The summed E-state index contributed by atoms with van der Waals surface area (Å²) in [6.07, 6.45) is -3.43. The molecule has 0 aromatic rings. The predicted octanol–water partition coefficient (Wildman–Crippen LogP) is -4.79. The van der Waals surface area contributed by atoms with E-state index in [2.05, 4.69) is 10.3 Å². The van der Waals surface area contributed by atoms with Gasteiger partial charge in [-0.25, -0.2) is 4.99 Å². The van der Waals surface area contributed by atoms with E-state index in [9.17, 15) is 15.3 Å². The molecule has 164 valence electrons. The molecule has 14 N–H and O–H groups in total. The van der Waals surface area contributed by atoms with Crippen molar-refractivity contribution in [3.8, 4) is 0 Å². The van der Waals surface area contributed by atoms with Crippen molar-refractivity contribution in [2.45, 2.75) is 74.2 Å². The highest BCUT2D eigenvalue weighted by atomic mass is 16.7. The zero-order valence-corrected chi connectivity index (χ0v) is 15.9. The van der Waals surface area contributed by atoms with Crippen molar-refractivity contribution in [2.24, 2.45) is 33.7 Å². The Hall–Kier alpha value is -1.09. The molecular formula is C16H35N7O5. The summed E-state index contributed by atoms with van der Waals surface area (Å²) in [4.78, 5) is 4.07. The topological polar surface area (TPSA) is 234 Å². The van der Waals surface area contributed by atoms with Crippen molar-refractivity contribution < 1.29 is 24.8 Å². The van der Waals surface area contributed by atoms with Crippen LogP contribution in [0.15, 0.2) is 4.99 Å². The summed E-state index contributed by atoms with van der Waals surface area (Å²) in [5, 5.41) is 33.4. The van der Waals surface area contributed by atoms with Crippen molar-refractivity contribution in [1.29, 1.82) is 0 Å². The van der Waals surface area contributed by atoms with Gasteiger partial charge in [-0.1, -0.05) is 0 Å². The van der Waals surface area contributed by atoms with Gasteiger partial charge in [0.1, 0.15) is 12.1 Å². The van der Waals surface area contributed by atoms with E-state index in [0.29, 0.717) is 19.4 Å². The van der Waals surface area contributed by atoms with Crippen LogP contribution in [0.1, 0.15) is 19.3 Å². The Morgan fingerprint density at radius 1 is 1.18 bits per heavy atom. The third-order valence-corrected chi connectivity index (χ3v) is 5.17. The van der Waals surface area contributed by atoms with Gasteiger partial charge < -0.3 is 58.8 Å². The van der Waals surface area contributed by atoms with Gasteiger partial charge in [0.2, 0.25) is 0 Å². The molecule has 0 aromatic carbocycles. The fourth-order valence-corrected chi connectivity index (χ4v) is 3.67. The molecule has 1 aliphatic heterocycles. The fraction of sp³-hybridized carbons (Fsp3) is 0.938. The molecule has 2 fully saturated rings. The van der Waals surface area contributed by atoms with E-state index >= 15 is 0 Å². The van der Waals surface area contributed by atoms with Crippen LogP contribution in [0, 0.1) is 0 Å². The van der Waals surface area contributed by atoms with Crippen molar-refractivity contribution in [3.05, 3.63) is 0 Å². The minimum absolute atomic E-state index is 0.0783. The van der Waals surface area contributed by atoms with Crippen molar-refractivity contribution in [2.75, 3.05) is 19.6 Å². The van der Waals surface area contributed by atoms with E-state index in [4.69, 9.17) is 38.1 Å². The van der Waals surface area contributed by atoms with E-state index in [1.54, 1.807) is 0 Å². The lowest BCUT2D eigenvalue weighted by Crippen LogP contribution is -2.59. The Kier molecular flexibility index (Phi) is 8.80. The standard InChI is InChI=1S/C16H35N7O5/c17-4-8(24)6-22-7-1-9(19)14(12(26)2-7)28-15-10(23-16(20)21)3-11(25)13(5-18)27-15/h7-15,22,24-26H,1-6,17-19H2,(H4,20,21,23)/t7-,8?,9+,10-,11+,12-,13-,14?,15-/m1/s1. The summed E-state index contributed by atoms with van der Waals surface area (Å²) < 4.78 is 11.7. The number of aliphatic hydroxyl groups excluding tert-OH is 3. The summed E-state index contributed by atoms with van der Waals surface area (Å²) in [6.45, 7) is 0.574. The largest absolute Gasteiger partial charge is 0.390 e. The quantitative estimate of drug-likeness (QED) is 0.137. The van der Waals surface area contributed by atoms with Gasteiger partial charge in [-0.15, -0.1) is 0 Å². The molecule has 1 aliphatic carbocycles. The summed E-state index contributed by atoms with van der Waals surface area (Å²) in [5.74, 6) is -0.156. The third-order valence-electron chi connectivity index (χ3n) is 5.17. The number of nitrogens with two attached hydrogens (primary N) is 5. The summed E-state index contributed by atoms with van der Waals surface area (Å²) >= 11 is 0. The van der Waals surface area contributed by atoms with Crippen LogP contribution in [-0.4, -0.2) is 95.8 Å². The fourth-order valence-electron chi connectivity index (χ4n) is 3.67. The number of hydrogen-bond acceptors (Lipinski definition) is 10. The summed E-state index contributed by atoms with van der Waals surface area (Å²) in [7, 11) is 0. The highest BCUT2D eigenvalue weighted by Gasteiger charge is 2.43. The SMILES string of the molecule is NCC(O)CN[C@H]1C[C@@H](O)C(O[C@H]2O[C@H](CN)[C@@H](O)C[C@H]2N=C(N)N)[C@@H](N)C1. The van der Waals surface area contributed by atoms with Crippen molar-refractivity contribution >= 4 is 5.96 Å². The number of nitrogens with one attached hydrogen (secondary N) is 1. The highest BCUT2D eigenvalue weighted by molar-refractivity contribution is 5.75. The lowest BCUT2D eigenvalue weighted by atomic mass is 9.86. The van der Waals surface area contributed by atoms with Crippen molar-refractivity contribution in [3.63, 3.8) is 0 Å². The number of guanidine groups is 1. The van der Waals surface area contributed by atoms with Crippen LogP contribution >= 0.6 is 0 Å². The molecule has 1 heterocycles. The first-order chi connectivity index (χ1) is 13.2. The van der Waals surface area contributed by atoms with Gasteiger partial charge >= 0.3 is 0 Å². The summed E-state index contributed by atoms with van der Waals surface area (Å²) in [5.41, 5.74) is 28.2. The van der Waals surface area contributed by atoms with Gasteiger partial charge in [0.15, 0.2) is 12.2 Å². The summed E-state index contributed by atoms with van der Waals surface area (Å²) in [6, 6.07) is -1.20. The van der Waals surface area contributed by atoms with E-state index in [-0.39, 0.29) is 31.5 Å².